The van der Waals surface area contributed by atoms with Crippen LogP contribution in [0.1, 0.15) is 24.0 Å². The van der Waals surface area contributed by atoms with Crippen LogP contribution in [0.2, 0.25) is 0 Å². The summed E-state index contributed by atoms with van der Waals surface area (Å²) in [7, 11) is 0. The van der Waals surface area contributed by atoms with Crippen molar-refractivity contribution in [2.45, 2.75) is 43.6 Å². The fourth-order valence-electron chi connectivity index (χ4n) is 3.40. The molecule has 0 amide bonds. The Balaban J connectivity index is 1.69. The summed E-state index contributed by atoms with van der Waals surface area (Å²) in [6.07, 6.45) is -10.5. The number of carbonyl (C=O) groups excluding carboxylic acids is 1. The first-order valence-electron chi connectivity index (χ1n) is 7.93. The van der Waals surface area contributed by atoms with Crippen molar-refractivity contribution in [3.8, 4) is 0 Å². The molecule has 4 nitrogen and oxygen atoms in total. The second kappa shape index (κ2) is 6.62. The molecule has 3 rings (SSSR count). The number of piperidine rings is 1. The van der Waals surface area contributed by atoms with E-state index in [4.69, 9.17) is 4.74 Å². The first-order chi connectivity index (χ1) is 12.4. The van der Waals surface area contributed by atoms with E-state index in [0.717, 1.165) is 6.07 Å². The molecule has 2 fully saturated rings. The zero-order chi connectivity index (χ0) is 20.0. The van der Waals surface area contributed by atoms with Gasteiger partial charge in [-0.05, 0) is 24.5 Å². The van der Waals surface area contributed by atoms with E-state index < -0.39 is 48.1 Å². The van der Waals surface area contributed by atoms with Gasteiger partial charge in [0.2, 0.25) is 0 Å². The van der Waals surface area contributed by atoms with E-state index in [1.54, 1.807) is 0 Å². The molecule has 150 valence electrons. The van der Waals surface area contributed by atoms with Crippen LogP contribution in [0.5, 0.6) is 0 Å². The predicted molar refractivity (Wildman–Crippen MR) is 75.6 cm³/mol. The van der Waals surface area contributed by atoms with Gasteiger partial charge in [0.1, 0.15) is 11.9 Å². The minimum absolute atomic E-state index is 0.0894. The van der Waals surface area contributed by atoms with E-state index >= 15 is 0 Å². The number of hydrogen-bond acceptors (Lipinski definition) is 4. The Morgan fingerprint density at radius 1 is 1.22 bits per heavy atom. The summed E-state index contributed by atoms with van der Waals surface area (Å²) in [5, 5.41) is 2.69. The number of alkyl halides is 6. The number of halogens is 7. The molecule has 2 aliphatic rings. The van der Waals surface area contributed by atoms with Gasteiger partial charge < -0.3 is 9.47 Å². The SMILES string of the molecule is O=C(O[C@]12C[C@H](CN1)C[C@H]2OCc1ccc(C(F)(F)F)cc1F)C(F)(F)F. The highest BCUT2D eigenvalue weighted by Crippen LogP contribution is 2.44. The van der Waals surface area contributed by atoms with E-state index in [2.05, 4.69) is 10.1 Å². The van der Waals surface area contributed by atoms with Crippen LogP contribution in [0.3, 0.4) is 0 Å². The Kier molecular flexibility index (Phi) is 4.87. The number of rotatable bonds is 4. The second-order valence-electron chi connectivity index (χ2n) is 6.57. The standard InChI is InChI=1S/C16H14F7NO3/c17-11-4-10(15(18,19)20)2-1-9(11)7-26-12-3-8-5-14(12,24-6-8)27-13(25)16(21,22)23/h1-2,4,8,12,24H,3,5-7H2/t8-,12-,14+/m1/s1. The molecule has 2 bridgehead atoms. The Morgan fingerprint density at radius 2 is 1.93 bits per heavy atom. The third-order valence-corrected chi connectivity index (χ3v) is 4.68. The summed E-state index contributed by atoms with van der Waals surface area (Å²) < 4.78 is 99.1. The molecule has 0 radical (unpaired) electrons. The summed E-state index contributed by atoms with van der Waals surface area (Å²) in [5.41, 5.74) is -3.04. The van der Waals surface area contributed by atoms with Gasteiger partial charge in [0.25, 0.3) is 0 Å². The molecule has 27 heavy (non-hydrogen) atoms. The molecule has 1 saturated heterocycles. The maximum Gasteiger partial charge on any atom is 0.490 e. The monoisotopic (exact) mass is 401 g/mol. The molecular formula is C16H14F7NO3. The molecule has 1 aromatic rings. The quantitative estimate of drug-likeness (QED) is 0.620. The second-order valence-corrected chi connectivity index (χ2v) is 6.57. The zero-order valence-electron chi connectivity index (χ0n) is 13.6. The molecular weight excluding hydrogens is 387 g/mol. The molecule has 1 aliphatic carbocycles. The largest absolute Gasteiger partial charge is 0.490 e. The van der Waals surface area contributed by atoms with Crippen molar-refractivity contribution in [3.05, 3.63) is 35.1 Å². The third-order valence-electron chi connectivity index (χ3n) is 4.68. The van der Waals surface area contributed by atoms with Crippen molar-refractivity contribution in [2.75, 3.05) is 6.54 Å². The highest BCUT2D eigenvalue weighted by atomic mass is 19.4. The van der Waals surface area contributed by atoms with Gasteiger partial charge in [-0.25, -0.2) is 9.18 Å². The fraction of sp³-hybridized carbons (Fsp3) is 0.562. The Hall–Kier alpha value is -1.88. The van der Waals surface area contributed by atoms with Gasteiger partial charge in [-0.2, -0.15) is 26.3 Å². The maximum atomic E-state index is 13.9. The fourth-order valence-corrected chi connectivity index (χ4v) is 3.40. The van der Waals surface area contributed by atoms with Crippen LogP contribution in [0.4, 0.5) is 30.7 Å². The molecule has 0 spiro atoms. The van der Waals surface area contributed by atoms with Crippen LogP contribution < -0.4 is 5.32 Å². The first kappa shape index (κ1) is 19.9. The van der Waals surface area contributed by atoms with Crippen LogP contribution >= 0.6 is 0 Å². The molecule has 3 atom stereocenters. The van der Waals surface area contributed by atoms with E-state index in [9.17, 15) is 35.5 Å². The van der Waals surface area contributed by atoms with Crippen molar-refractivity contribution in [2.24, 2.45) is 5.92 Å². The van der Waals surface area contributed by atoms with Crippen LogP contribution in [0.25, 0.3) is 0 Å². The lowest BCUT2D eigenvalue weighted by Crippen LogP contribution is -2.56. The van der Waals surface area contributed by atoms with Gasteiger partial charge in [0.05, 0.1) is 12.2 Å². The number of benzene rings is 1. The topological polar surface area (TPSA) is 47.6 Å². The summed E-state index contributed by atoms with van der Waals surface area (Å²) in [4.78, 5) is 11.2. The Morgan fingerprint density at radius 3 is 2.48 bits per heavy atom. The van der Waals surface area contributed by atoms with Crippen LogP contribution in [0.15, 0.2) is 18.2 Å². The number of ether oxygens (including phenoxy) is 2. The summed E-state index contributed by atoms with van der Waals surface area (Å²) in [5.74, 6) is -3.61. The van der Waals surface area contributed by atoms with E-state index in [1.807, 2.05) is 0 Å². The lowest BCUT2D eigenvalue weighted by Gasteiger charge is -2.35. The van der Waals surface area contributed by atoms with Crippen LogP contribution in [-0.2, 0) is 27.1 Å². The van der Waals surface area contributed by atoms with Gasteiger partial charge in [-0.1, -0.05) is 6.07 Å². The van der Waals surface area contributed by atoms with Gasteiger partial charge in [-0.15, -0.1) is 0 Å². The zero-order valence-corrected chi connectivity index (χ0v) is 13.6. The number of nitrogens with one attached hydrogen (secondary N) is 1. The predicted octanol–water partition coefficient (Wildman–Crippen LogP) is 3.54. The average molecular weight is 401 g/mol. The maximum absolute atomic E-state index is 13.9. The van der Waals surface area contributed by atoms with Gasteiger partial charge >= 0.3 is 18.3 Å². The highest BCUT2D eigenvalue weighted by molar-refractivity contribution is 5.76. The van der Waals surface area contributed by atoms with E-state index in [0.29, 0.717) is 18.7 Å². The average Bonchev–Trinajstić information content (AvgIpc) is 3.09. The molecule has 1 aliphatic heterocycles. The van der Waals surface area contributed by atoms with E-state index in [1.165, 1.54) is 0 Å². The van der Waals surface area contributed by atoms with Crippen LogP contribution in [0, 0.1) is 11.7 Å². The van der Waals surface area contributed by atoms with Crippen molar-refractivity contribution in [1.82, 2.24) is 5.32 Å². The first-order valence-corrected chi connectivity index (χ1v) is 7.93. The molecule has 1 heterocycles. The summed E-state index contributed by atoms with van der Waals surface area (Å²) in [6, 6.07) is 1.89. The van der Waals surface area contributed by atoms with Crippen molar-refractivity contribution >= 4 is 5.97 Å². The number of esters is 1. The number of carbonyl (C=O) groups is 1. The molecule has 1 N–H and O–H groups in total. The van der Waals surface area contributed by atoms with Crippen molar-refractivity contribution in [3.63, 3.8) is 0 Å². The minimum atomic E-state index is -5.18. The Labute approximate surface area is 148 Å². The van der Waals surface area contributed by atoms with Crippen molar-refractivity contribution in [1.29, 1.82) is 0 Å². The molecule has 0 unspecified atom stereocenters. The molecule has 1 saturated carbocycles. The molecule has 0 aromatic heterocycles. The molecule has 11 heteroatoms. The van der Waals surface area contributed by atoms with Gasteiger partial charge in [0, 0.05) is 18.5 Å². The van der Waals surface area contributed by atoms with Gasteiger partial charge in [-0.3, -0.25) is 5.32 Å². The lowest BCUT2D eigenvalue weighted by molar-refractivity contribution is -0.227. The third kappa shape index (κ3) is 4.03. The lowest BCUT2D eigenvalue weighted by atomic mass is 10.1. The Bertz CT molecular complexity index is 734. The summed E-state index contributed by atoms with van der Waals surface area (Å²) in [6.45, 7) is -0.145. The highest BCUT2D eigenvalue weighted by Gasteiger charge is 2.58. The van der Waals surface area contributed by atoms with E-state index in [-0.39, 0.29) is 24.3 Å². The summed E-state index contributed by atoms with van der Waals surface area (Å²) >= 11 is 0. The van der Waals surface area contributed by atoms with Crippen LogP contribution in [-0.4, -0.2) is 30.5 Å². The normalized spacial score (nSPS) is 27.8. The number of fused-ring (bicyclic) bond motifs is 2. The molecule has 1 aromatic carbocycles. The minimum Gasteiger partial charge on any atom is -0.434 e. The van der Waals surface area contributed by atoms with Gasteiger partial charge in [0.15, 0.2) is 5.72 Å². The van der Waals surface area contributed by atoms with Crippen molar-refractivity contribution < 1.29 is 45.0 Å². The smallest absolute Gasteiger partial charge is 0.434 e. The number of hydrogen-bond donors (Lipinski definition) is 1.